The number of nitrogens with one attached hydrogen (secondary N) is 2. The lowest BCUT2D eigenvalue weighted by molar-refractivity contribution is -0.136. The molecule has 1 aromatic carbocycles. The minimum absolute atomic E-state index is 0.0209. The Hall–Kier alpha value is -2.41. The van der Waals surface area contributed by atoms with E-state index in [1.807, 2.05) is 6.92 Å². The summed E-state index contributed by atoms with van der Waals surface area (Å²) in [6.07, 6.45) is 1.65. The Morgan fingerprint density at radius 1 is 1.18 bits per heavy atom. The smallest absolute Gasteiger partial charge is 0.340 e. The summed E-state index contributed by atoms with van der Waals surface area (Å²) in [6, 6.07) is 6.28. The number of anilines is 1. The summed E-state index contributed by atoms with van der Waals surface area (Å²) in [7, 11) is 0. The predicted molar refractivity (Wildman–Crippen MR) is 80.4 cm³/mol. The molecule has 0 radical (unpaired) electrons. The van der Waals surface area contributed by atoms with Gasteiger partial charge in [0.05, 0.1) is 24.5 Å². The van der Waals surface area contributed by atoms with Crippen molar-refractivity contribution >= 4 is 23.5 Å². The zero-order valence-corrected chi connectivity index (χ0v) is 12.4. The molecule has 22 heavy (non-hydrogen) atoms. The van der Waals surface area contributed by atoms with Crippen LogP contribution in [-0.2, 0) is 14.3 Å². The van der Waals surface area contributed by atoms with Crippen LogP contribution in [0.3, 0.4) is 0 Å². The van der Waals surface area contributed by atoms with Crippen LogP contribution in [-0.4, -0.2) is 42.6 Å². The third kappa shape index (κ3) is 5.53. The zero-order chi connectivity index (χ0) is 16.4. The Bertz CT molecular complexity index is 530. The van der Waals surface area contributed by atoms with Crippen molar-refractivity contribution in [3.63, 3.8) is 0 Å². The Morgan fingerprint density at radius 3 is 2.59 bits per heavy atom. The second-order valence-corrected chi connectivity index (χ2v) is 4.47. The van der Waals surface area contributed by atoms with Crippen molar-refractivity contribution in [3.8, 4) is 0 Å². The lowest BCUT2D eigenvalue weighted by atomic mass is 10.2. The number of para-hydroxylation sites is 1. The molecule has 0 aliphatic carbocycles. The van der Waals surface area contributed by atoms with Crippen molar-refractivity contribution in [1.82, 2.24) is 5.32 Å². The molecule has 0 aliphatic rings. The highest BCUT2D eigenvalue weighted by atomic mass is 16.5. The molecule has 0 spiro atoms. The molecule has 0 fully saturated rings. The molecular weight excluding hydrogens is 288 g/mol. The van der Waals surface area contributed by atoms with Gasteiger partial charge in [-0.25, -0.2) is 4.79 Å². The van der Waals surface area contributed by atoms with Crippen LogP contribution in [0.25, 0.3) is 0 Å². The minimum atomic E-state index is -0.915. The van der Waals surface area contributed by atoms with Gasteiger partial charge >= 0.3 is 17.8 Å². The normalized spacial score (nSPS) is 9.91. The molecule has 1 aromatic rings. The van der Waals surface area contributed by atoms with E-state index in [4.69, 9.17) is 9.84 Å². The van der Waals surface area contributed by atoms with Gasteiger partial charge in [0.2, 0.25) is 0 Å². The van der Waals surface area contributed by atoms with Crippen molar-refractivity contribution in [2.45, 2.75) is 19.8 Å². The van der Waals surface area contributed by atoms with E-state index in [1.54, 1.807) is 12.1 Å². The molecule has 0 atom stereocenters. The van der Waals surface area contributed by atoms with Gasteiger partial charge < -0.3 is 20.5 Å². The van der Waals surface area contributed by atoms with Gasteiger partial charge in [0.25, 0.3) is 0 Å². The summed E-state index contributed by atoms with van der Waals surface area (Å²) in [6.45, 7) is 1.99. The van der Waals surface area contributed by atoms with Crippen LogP contribution in [0.15, 0.2) is 24.3 Å². The summed E-state index contributed by atoms with van der Waals surface area (Å²) in [5.41, 5.74) is 0.384. The number of aliphatic hydroxyl groups is 1. The van der Waals surface area contributed by atoms with E-state index in [1.165, 1.54) is 12.1 Å². The number of aliphatic hydroxyl groups excluding tert-OH is 1. The first-order valence-corrected chi connectivity index (χ1v) is 7.06. The van der Waals surface area contributed by atoms with Gasteiger partial charge in [-0.05, 0) is 18.6 Å². The molecule has 0 bridgehead atoms. The maximum atomic E-state index is 12.0. The Kier molecular flexibility index (Phi) is 7.63. The molecule has 7 heteroatoms. The lowest BCUT2D eigenvalue weighted by Crippen LogP contribution is -2.37. The van der Waals surface area contributed by atoms with Gasteiger partial charge in [-0.3, -0.25) is 9.59 Å². The number of hydrogen-bond acceptors (Lipinski definition) is 5. The van der Waals surface area contributed by atoms with E-state index in [9.17, 15) is 14.4 Å². The van der Waals surface area contributed by atoms with E-state index in [0.29, 0.717) is 6.61 Å². The van der Waals surface area contributed by atoms with E-state index in [-0.39, 0.29) is 24.4 Å². The first-order valence-electron chi connectivity index (χ1n) is 7.06. The lowest BCUT2D eigenvalue weighted by Gasteiger charge is -2.10. The number of esters is 1. The molecule has 0 aromatic heterocycles. The standard InChI is InChI=1S/C15H20N2O5/c1-2-3-10-22-15(21)11-6-4-5-7-12(11)17-14(20)13(19)16-8-9-18/h4-7,18H,2-3,8-10H2,1H3,(H,16,19)(H,17,20). The molecule has 0 saturated carbocycles. The first kappa shape index (κ1) is 17.6. The van der Waals surface area contributed by atoms with Crippen molar-refractivity contribution in [2.24, 2.45) is 0 Å². The highest BCUT2D eigenvalue weighted by Crippen LogP contribution is 2.16. The summed E-state index contributed by atoms with van der Waals surface area (Å²) >= 11 is 0. The maximum absolute atomic E-state index is 12.0. The van der Waals surface area contributed by atoms with E-state index in [2.05, 4.69) is 10.6 Å². The molecule has 2 amide bonds. The number of carbonyl (C=O) groups excluding carboxylic acids is 3. The third-order valence-electron chi connectivity index (χ3n) is 2.73. The molecule has 1 rings (SSSR count). The topological polar surface area (TPSA) is 105 Å². The summed E-state index contributed by atoms with van der Waals surface area (Å²) < 4.78 is 5.09. The largest absolute Gasteiger partial charge is 0.462 e. The first-order chi connectivity index (χ1) is 10.6. The van der Waals surface area contributed by atoms with Crippen molar-refractivity contribution in [2.75, 3.05) is 25.1 Å². The number of unbranched alkanes of at least 4 members (excludes halogenated alkanes) is 1. The van der Waals surface area contributed by atoms with Crippen LogP contribution in [0.5, 0.6) is 0 Å². The number of hydrogen-bond donors (Lipinski definition) is 3. The Morgan fingerprint density at radius 2 is 1.91 bits per heavy atom. The molecule has 0 heterocycles. The van der Waals surface area contributed by atoms with Crippen molar-refractivity contribution in [3.05, 3.63) is 29.8 Å². The Labute approximate surface area is 128 Å². The van der Waals surface area contributed by atoms with Crippen LogP contribution in [0.1, 0.15) is 30.1 Å². The van der Waals surface area contributed by atoms with Gasteiger partial charge in [0, 0.05) is 6.54 Å². The number of benzene rings is 1. The van der Waals surface area contributed by atoms with Crippen molar-refractivity contribution < 1.29 is 24.2 Å². The number of amides is 2. The minimum Gasteiger partial charge on any atom is -0.462 e. The molecular formula is C15H20N2O5. The van der Waals surface area contributed by atoms with Crippen LogP contribution < -0.4 is 10.6 Å². The quantitative estimate of drug-likeness (QED) is 0.390. The summed E-state index contributed by atoms with van der Waals surface area (Å²) in [4.78, 5) is 35.1. The Balaban J connectivity index is 2.72. The fourth-order valence-corrected chi connectivity index (χ4v) is 1.59. The molecule has 3 N–H and O–H groups in total. The van der Waals surface area contributed by atoms with E-state index >= 15 is 0 Å². The molecule has 0 saturated heterocycles. The van der Waals surface area contributed by atoms with Gasteiger partial charge in [-0.1, -0.05) is 25.5 Å². The predicted octanol–water partition coefficient (Wildman–Crippen LogP) is 0.691. The van der Waals surface area contributed by atoms with Gasteiger partial charge in [0.1, 0.15) is 0 Å². The molecule has 0 unspecified atom stereocenters. The fraction of sp³-hybridized carbons (Fsp3) is 0.400. The summed E-state index contributed by atoms with van der Waals surface area (Å²) in [5.74, 6) is -2.36. The molecule has 0 aliphatic heterocycles. The summed E-state index contributed by atoms with van der Waals surface area (Å²) in [5, 5.41) is 13.2. The monoisotopic (exact) mass is 308 g/mol. The fourth-order valence-electron chi connectivity index (χ4n) is 1.59. The second kappa shape index (κ2) is 9.51. The average molecular weight is 308 g/mol. The maximum Gasteiger partial charge on any atom is 0.340 e. The van der Waals surface area contributed by atoms with E-state index in [0.717, 1.165) is 12.8 Å². The number of carbonyl (C=O) groups is 3. The van der Waals surface area contributed by atoms with Crippen molar-refractivity contribution in [1.29, 1.82) is 0 Å². The van der Waals surface area contributed by atoms with Crippen LogP contribution in [0.4, 0.5) is 5.69 Å². The number of ether oxygens (including phenoxy) is 1. The zero-order valence-electron chi connectivity index (χ0n) is 12.4. The number of rotatable bonds is 7. The van der Waals surface area contributed by atoms with Gasteiger partial charge in [-0.15, -0.1) is 0 Å². The SMILES string of the molecule is CCCCOC(=O)c1ccccc1NC(=O)C(=O)NCCO. The highest BCUT2D eigenvalue weighted by Gasteiger charge is 2.18. The third-order valence-corrected chi connectivity index (χ3v) is 2.73. The second-order valence-electron chi connectivity index (χ2n) is 4.47. The van der Waals surface area contributed by atoms with Crippen LogP contribution in [0, 0.1) is 0 Å². The van der Waals surface area contributed by atoms with Gasteiger partial charge in [0.15, 0.2) is 0 Å². The van der Waals surface area contributed by atoms with E-state index < -0.39 is 17.8 Å². The van der Waals surface area contributed by atoms with Crippen LogP contribution >= 0.6 is 0 Å². The molecule has 120 valence electrons. The highest BCUT2D eigenvalue weighted by molar-refractivity contribution is 6.40. The average Bonchev–Trinajstić information content (AvgIpc) is 2.53. The van der Waals surface area contributed by atoms with Gasteiger partial charge in [-0.2, -0.15) is 0 Å². The van der Waals surface area contributed by atoms with Crippen LogP contribution in [0.2, 0.25) is 0 Å². The molecule has 7 nitrogen and oxygen atoms in total.